The first-order valence-corrected chi connectivity index (χ1v) is 9.37. The number of carbonyl (C=O) groups is 1. The summed E-state index contributed by atoms with van der Waals surface area (Å²) in [4.78, 5) is 12.0. The lowest BCUT2D eigenvalue weighted by atomic mass is 10.1. The summed E-state index contributed by atoms with van der Waals surface area (Å²) >= 11 is 0. The average molecular weight is 360 g/mol. The van der Waals surface area contributed by atoms with Crippen molar-refractivity contribution < 1.29 is 23.7 Å². The van der Waals surface area contributed by atoms with E-state index in [9.17, 15) is 4.79 Å². The van der Waals surface area contributed by atoms with E-state index >= 15 is 0 Å². The van der Waals surface area contributed by atoms with Gasteiger partial charge in [0, 0.05) is 16.8 Å². The van der Waals surface area contributed by atoms with Crippen LogP contribution < -0.4 is 14.2 Å². The third kappa shape index (κ3) is 5.28. The van der Waals surface area contributed by atoms with Gasteiger partial charge in [0.2, 0.25) is 0 Å². The van der Waals surface area contributed by atoms with E-state index in [2.05, 4.69) is 6.92 Å². The Morgan fingerprint density at radius 1 is 0.846 bits per heavy atom. The number of carbonyl (C=O) groups excluding carboxylic acids is 1. The molecule has 2 rings (SSSR count). The Labute approximate surface area is 155 Å². The van der Waals surface area contributed by atoms with Gasteiger partial charge in [-0.2, -0.15) is 0 Å². The molecule has 5 heteroatoms. The summed E-state index contributed by atoms with van der Waals surface area (Å²) in [5.41, 5.74) is 0. The Morgan fingerprint density at radius 2 is 1.54 bits per heavy atom. The minimum atomic E-state index is -0.702. The highest BCUT2D eigenvalue weighted by Gasteiger charge is 2.18. The molecule has 0 heterocycles. The summed E-state index contributed by atoms with van der Waals surface area (Å²) in [5.74, 6) is 1.68. The van der Waals surface area contributed by atoms with Crippen molar-refractivity contribution in [1.82, 2.24) is 0 Å². The number of benzene rings is 2. The molecular weight excluding hydrogens is 332 g/mol. The minimum absolute atomic E-state index is 0.351. The number of fused-ring (bicyclic) bond motifs is 1. The smallest absolute Gasteiger partial charge is 0.490 e. The van der Waals surface area contributed by atoms with Gasteiger partial charge in [0.1, 0.15) is 5.75 Å². The second-order valence-electron chi connectivity index (χ2n) is 6.00. The van der Waals surface area contributed by atoms with Crippen LogP contribution in [0.5, 0.6) is 17.2 Å². The van der Waals surface area contributed by atoms with E-state index in [1.807, 2.05) is 38.1 Å². The molecule has 0 amide bonds. The van der Waals surface area contributed by atoms with Gasteiger partial charge in [0.05, 0.1) is 19.8 Å². The maximum atomic E-state index is 12.0. The van der Waals surface area contributed by atoms with Gasteiger partial charge in [-0.25, -0.2) is 4.79 Å². The second-order valence-corrected chi connectivity index (χ2v) is 6.00. The Kier molecular flexibility index (Phi) is 8.06. The van der Waals surface area contributed by atoms with E-state index < -0.39 is 6.16 Å². The topological polar surface area (TPSA) is 54.0 Å². The molecular formula is C21H28O5. The van der Waals surface area contributed by atoms with Crippen LogP contribution in [0.3, 0.4) is 0 Å². The molecule has 0 bridgehead atoms. The van der Waals surface area contributed by atoms with Gasteiger partial charge < -0.3 is 18.9 Å². The van der Waals surface area contributed by atoms with E-state index in [0.29, 0.717) is 37.1 Å². The lowest BCUT2D eigenvalue weighted by Crippen LogP contribution is -2.12. The third-order valence-corrected chi connectivity index (χ3v) is 3.75. The van der Waals surface area contributed by atoms with Crippen molar-refractivity contribution in [1.29, 1.82) is 0 Å². The van der Waals surface area contributed by atoms with Gasteiger partial charge in [0.15, 0.2) is 11.5 Å². The maximum absolute atomic E-state index is 12.0. The Morgan fingerprint density at radius 3 is 2.23 bits per heavy atom. The van der Waals surface area contributed by atoms with Crippen molar-refractivity contribution in [2.24, 2.45) is 0 Å². The molecule has 5 nitrogen and oxygen atoms in total. The summed E-state index contributed by atoms with van der Waals surface area (Å²) < 4.78 is 22.4. The van der Waals surface area contributed by atoms with Crippen molar-refractivity contribution in [2.75, 3.05) is 19.8 Å². The quantitative estimate of drug-likeness (QED) is 0.307. The van der Waals surface area contributed by atoms with Gasteiger partial charge in [-0.1, -0.05) is 51.5 Å². The van der Waals surface area contributed by atoms with Crippen molar-refractivity contribution in [3.63, 3.8) is 0 Å². The lowest BCUT2D eigenvalue weighted by molar-refractivity contribution is 0.0982. The highest BCUT2D eigenvalue weighted by Crippen LogP contribution is 2.42. The zero-order valence-electron chi connectivity index (χ0n) is 15.9. The largest absolute Gasteiger partial charge is 0.513 e. The fraction of sp³-hybridized carbons (Fsp3) is 0.476. The summed E-state index contributed by atoms with van der Waals surface area (Å²) in [6, 6.07) is 9.37. The fourth-order valence-corrected chi connectivity index (χ4v) is 2.47. The van der Waals surface area contributed by atoms with Crippen molar-refractivity contribution in [3.05, 3.63) is 30.3 Å². The molecule has 0 aliphatic rings. The standard InChI is InChI=1S/C21H28O5/c1-4-7-14-25-21(22)26-18-15-19(23-12-5-2)20(24-13-6-3)17-11-9-8-10-16(17)18/h8-11,15H,4-7,12-14H2,1-3H3. The molecule has 142 valence electrons. The first-order valence-electron chi connectivity index (χ1n) is 9.37. The first-order chi connectivity index (χ1) is 12.7. The molecule has 0 fully saturated rings. The van der Waals surface area contributed by atoms with Crippen LogP contribution in [0.4, 0.5) is 4.79 Å². The van der Waals surface area contributed by atoms with E-state index in [1.165, 1.54) is 0 Å². The lowest BCUT2D eigenvalue weighted by Gasteiger charge is -2.17. The van der Waals surface area contributed by atoms with Crippen LogP contribution in [-0.4, -0.2) is 26.0 Å². The molecule has 0 saturated carbocycles. The van der Waals surface area contributed by atoms with Crippen LogP contribution in [0.25, 0.3) is 10.8 Å². The van der Waals surface area contributed by atoms with E-state index in [-0.39, 0.29) is 0 Å². The molecule has 0 spiro atoms. The maximum Gasteiger partial charge on any atom is 0.513 e. The van der Waals surface area contributed by atoms with Gasteiger partial charge in [-0.05, 0) is 19.3 Å². The summed E-state index contributed by atoms with van der Waals surface area (Å²) in [6.45, 7) is 7.63. The van der Waals surface area contributed by atoms with Crippen molar-refractivity contribution >= 4 is 16.9 Å². The Balaban J connectivity index is 2.37. The van der Waals surface area contributed by atoms with Gasteiger partial charge in [-0.15, -0.1) is 0 Å². The van der Waals surface area contributed by atoms with Crippen LogP contribution in [-0.2, 0) is 4.74 Å². The minimum Gasteiger partial charge on any atom is -0.490 e. The van der Waals surface area contributed by atoms with Gasteiger partial charge in [0.25, 0.3) is 0 Å². The molecule has 0 N–H and O–H groups in total. The van der Waals surface area contributed by atoms with E-state index in [4.69, 9.17) is 18.9 Å². The van der Waals surface area contributed by atoms with E-state index in [1.54, 1.807) is 6.07 Å². The zero-order valence-corrected chi connectivity index (χ0v) is 15.9. The molecule has 26 heavy (non-hydrogen) atoms. The number of hydrogen-bond donors (Lipinski definition) is 0. The molecule has 0 aliphatic heterocycles. The highest BCUT2D eigenvalue weighted by atomic mass is 16.7. The number of hydrogen-bond acceptors (Lipinski definition) is 5. The molecule has 2 aromatic rings. The number of unbranched alkanes of at least 4 members (excludes halogenated alkanes) is 1. The highest BCUT2D eigenvalue weighted by molar-refractivity contribution is 5.96. The first kappa shape index (κ1) is 19.9. The molecule has 0 unspecified atom stereocenters. The molecule has 0 radical (unpaired) electrons. The summed E-state index contributed by atoms with van der Waals surface area (Å²) in [7, 11) is 0. The van der Waals surface area contributed by atoms with Crippen molar-refractivity contribution in [3.8, 4) is 17.2 Å². The van der Waals surface area contributed by atoms with Crippen LogP contribution >= 0.6 is 0 Å². The van der Waals surface area contributed by atoms with Gasteiger partial charge >= 0.3 is 6.16 Å². The van der Waals surface area contributed by atoms with Crippen LogP contribution in [0.15, 0.2) is 30.3 Å². The molecule has 0 aliphatic carbocycles. The monoisotopic (exact) mass is 360 g/mol. The Hall–Kier alpha value is -2.43. The molecule has 2 aromatic carbocycles. The average Bonchev–Trinajstić information content (AvgIpc) is 2.66. The molecule has 0 atom stereocenters. The van der Waals surface area contributed by atoms with Gasteiger partial charge in [-0.3, -0.25) is 0 Å². The zero-order chi connectivity index (χ0) is 18.8. The third-order valence-electron chi connectivity index (χ3n) is 3.75. The second kappa shape index (κ2) is 10.5. The number of ether oxygens (including phenoxy) is 4. The normalized spacial score (nSPS) is 10.6. The Bertz CT molecular complexity index is 711. The molecule has 0 aromatic heterocycles. The number of rotatable bonds is 10. The van der Waals surface area contributed by atoms with E-state index in [0.717, 1.165) is 36.5 Å². The van der Waals surface area contributed by atoms with Crippen molar-refractivity contribution in [2.45, 2.75) is 46.5 Å². The fourth-order valence-electron chi connectivity index (χ4n) is 2.47. The van der Waals surface area contributed by atoms with Crippen LogP contribution in [0, 0.1) is 0 Å². The summed E-state index contributed by atoms with van der Waals surface area (Å²) in [6.07, 6.45) is 2.82. The predicted octanol–water partition coefficient (Wildman–Crippen LogP) is 5.73. The SMILES string of the molecule is CCCCOC(=O)Oc1cc(OCCC)c(OCCC)c2ccccc12. The van der Waals surface area contributed by atoms with Crippen LogP contribution in [0.2, 0.25) is 0 Å². The predicted molar refractivity (Wildman–Crippen MR) is 102 cm³/mol. The molecule has 0 saturated heterocycles. The van der Waals surface area contributed by atoms with Crippen LogP contribution in [0.1, 0.15) is 46.5 Å². The summed E-state index contributed by atoms with van der Waals surface area (Å²) in [5, 5.41) is 1.64.